The van der Waals surface area contributed by atoms with Crippen LogP contribution in [0.15, 0.2) is 46.4 Å². The van der Waals surface area contributed by atoms with Crippen molar-refractivity contribution in [3.05, 3.63) is 69.2 Å². The Bertz CT molecular complexity index is 957. The Balaban J connectivity index is 2.11. The largest absolute Gasteiger partial charge is 0.507 e. The maximum absolute atomic E-state index is 12.7. The predicted molar refractivity (Wildman–Crippen MR) is 100 cm³/mol. The maximum atomic E-state index is 12.7. The molecule has 8 nitrogen and oxygen atoms in total. The van der Waals surface area contributed by atoms with E-state index in [1.165, 1.54) is 29.2 Å². The average Bonchev–Trinajstić information content (AvgIpc) is 3.21. The summed E-state index contributed by atoms with van der Waals surface area (Å²) < 4.78 is 5.66. The number of furan rings is 1. The van der Waals surface area contributed by atoms with Crippen molar-refractivity contribution in [3.63, 3.8) is 0 Å². The number of nitrogens with zero attached hydrogens (tertiary/aromatic N) is 2. The van der Waals surface area contributed by atoms with Gasteiger partial charge in [0.05, 0.1) is 10.5 Å². The molecule has 1 aliphatic rings. The number of amides is 1. The van der Waals surface area contributed by atoms with Gasteiger partial charge in [-0.25, -0.2) is 0 Å². The fraction of sp³-hybridized carbons (Fsp3) is 0.300. The van der Waals surface area contributed by atoms with E-state index in [-0.39, 0.29) is 22.6 Å². The van der Waals surface area contributed by atoms with E-state index < -0.39 is 22.7 Å². The van der Waals surface area contributed by atoms with Crippen molar-refractivity contribution in [1.29, 1.82) is 0 Å². The summed E-state index contributed by atoms with van der Waals surface area (Å²) in [5, 5.41) is 21.6. The number of carbonyl (C=O) groups excluding carboxylic acids is 2. The van der Waals surface area contributed by atoms with Crippen LogP contribution in [0, 0.1) is 17.0 Å². The third-order valence-corrected chi connectivity index (χ3v) is 4.67. The molecule has 2 heterocycles. The van der Waals surface area contributed by atoms with Crippen molar-refractivity contribution >= 4 is 23.1 Å². The van der Waals surface area contributed by atoms with E-state index in [0.29, 0.717) is 24.5 Å². The van der Waals surface area contributed by atoms with E-state index in [1.807, 2.05) is 6.92 Å². The Morgan fingerprint density at radius 3 is 2.43 bits per heavy atom. The lowest BCUT2D eigenvalue weighted by Gasteiger charge is -2.23. The Labute approximate surface area is 161 Å². The van der Waals surface area contributed by atoms with Crippen LogP contribution in [0.5, 0.6) is 0 Å². The third-order valence-electron chi connectivity index (χ3n) is 4.67. The number of benzene rings is 1. The third kappa shape index (κ3) is 3.40. The van der Waals surface area contributed by atoms with Gasteiger partial charge in [0.25, 0.3) is 17.4 Å². The fourth-order valence-corrected chi connectivity index (χ4v) is 3.23. The van der Waals surface area contributed by atoms with E-state index in [2.05, 4.69) is 0 Å². The molecule has 1 atom stereocenters. The Morgan fingerprint density at radius 2 is 1.89 bits per heavy atom. The summed E-state index contributed by atoms with van der Waals surface area (Å²) in [5.41, 5.74) is -0.00478. The second-order valence-electron chi connectivity index (χ2n) is 6.60. The molecule has 1 amide bonds. The van der Waals surface area contributed by atoms with E-state index in [9.17, 15) is 24.8 Å². The van der Waals surface area contributed by atoms with Crippen molar-refractivity contribution in [2.24, 2.45) is 0 Å². The number of Topliss-reactive ketones (excluding diaryl/α,β-unsaturated/α-hetero) is 1. The molecule has 2 aromatic rings. The number of aliphatic hydroxyl groups is 1. The van der Waals surface area contributed by atoms with Crippen LogP contribution in [-0.4, -0.2) is 33.2 Å². The van der Waals surface area contributed by atoms with Crippen LogP contribution >= 0.6 is 0 Å². The average molecular weight is 384 g/mol. The molecule has 0 aliphatic carbocycles. The van der Waals surface area contributed by atoms with Gasteiger partial charge in [0.2, 0.25) is 0 Å². The first-order valence-corrected chi connectivity index (χ1v) is 8.94. The highest BCUT2D eigenvalue weighted by atomic mass is 16.6. The van der Waals surface area contributed by atoms with E-state index >= 15 is 0 Å². The predicted octanol–water partition coefficient (Wildman–Crippen LogP) is 3.72. The summed E-state index contributed by atoms with van der Waals surface area (Å²) in [7, 11) is 0. The van der Waals surface area contributed by atoms with Crippen molar-refractivity contribution in [2.45, 2.75) is 32.7 Å². The molecule has 146 valence electrons. The molecule has 1 unspecified atom stereocenters. The minimum atomic E-state index is -0.838. The van der Waals surface area contributed by atoms with Crippen molar-refractivity contribution in [1.82, 2.24) is 4.90 Å². The Morgan fingerprint density at radius 1 is 1.21 bits per heavy atom. The molecule has 28 heavy (non-hydrogen) atoms. The normalized spacial score (nSPS) is 18.6. The molecule has 1 aliphatic heterocycles. The molecule has 1 aromatic carbocycles. The quantitative estimate of drug-likeness (QED) is 0.267. The highest BCUT2D eigenvalue weighted by molar-refractivity contribution is 6.46. The number of hydrogen-bond acceptors (Lipinski definition) is 6. The first-order valence-electron chi connectivity index (χ1n) is 8.94. The van der Waals surface area contributed by atoms with Crippen LogP contribution in [0.25, 0.3) is 5.76 Å². The number of ketones is 1. The Hall–Kier alpha value is -3.42. The number of unbranched alkanes of at least 4 members (excludes halogenated alkanes) is 1. The zero-order valence-corrected chi connectivity index (χ0v) is 15.5. The molecular formula is C20H20N2O6. The summed E-state index contributed by atoms with van der Waals surface area (Å²) in [5.74, 6) is -0.879. The van der Waals surface area contributed by atoms with Crippen molar-refractivity contribution < 1.29 is 24.0 Å². The first kappa shape index (κ1) is 19.3. The van der Waals surface area contributed by atoms with E-state index in [1.54, 1.807) is 19.1 Å². The van der Waals surface area contributed by atoms with Gasteiger partial charge in [0.15, 0.2) is 0 Å². The number of aliphatic hydroxyl groups excluding tert-OH is 1. The van der Waals surface area contributed by atoms with Gasteiger partial charge in [-0.2, -0.15) is 0 Å². The first-order chi connectivity index (χ1) is 13.3. The lowest BCUT2D eigenvalue weighted by molar-refractivity contribution is -0.384. The summed E-state index contributed by atoms with van der Waals surface area (Å²) in [4.78, 5) is 37.0. The lowest BCUT2D eigenvalue weighted by atomic mass is 9.99. The standard InChI is InChI=1S/C20H20N2O6/c1-3-4-11-21-17(15-10-5-12(2)28-15)16(19(24)20(21)25)18(23)13-6-8-14(9-7-13)22(26)27/h5-10,17,23H,3-4,11H2,1-2H3/b18-16-. The van der Waals surface area contributed by atoms with Crippen LogP contribution < -0.4 is 0 Å². The monoisotopic (exact) mass is 384 g/mol. The van der Waals surface area contributed by atoms with Crippen LogP contribution in [-0.2, 0) is 9.59 Å². The molecule has 1 aromatic heterocycles. The lowest BCUT2D eigenvalue weighted by Crippen LogP contribution is -2.30. The van der Waals surface area contributed by atoms with Crippen LogP contribution in [0.2, 0.25) is 0 Å². The SMILES string of the molecule is CCCCN1C(=O)C(=O)/C(=C(\O)c2ccc([N+](=O)[O-])cc2)C1c1ccc(C)o1. The molecule has 0 bridgehead atoms. The summed E-state index contributed by atoms with van der Waals surface area (Å²) in [6, 6.07) is 7.71. The molecule has 3 rings (SSSR count). The van der Waals surface area contributed by atoms with Crippen molar-refractivity contribution in [2.75, 3.05) is 6.54 Å². The molecule has 0 spiro atoms. The minimum Gasteiger partial charge on any atom is -0.507 e. The number of hydrogen-bond donors (Lipinski definition) is 1. The highest BCUT2D eigenvalue weighted by Gasteiger charge is 2.47. The van der Waals surface area contributed by atoms with Gasteiger partial charge >= 0.3 is 0 Å². The fourth-order valence-electron chi connectivity index (χ4n) is 3.23. The summed E-state index contributed by atoms with van der Waals surface area (Å²) >= 11 is 0. The van der Waals surface area contributed by atoms with Gasteiger partial charge in [-0.15, -0.1) is 0 Å². The molecule has 0 radical (unpaired) electrons. The highest BCUT2D eigenvalue weighted by Crippen LogP contribution is 2.40. The topological polar surface area (TPSA) is 114 Å². The van der Waals surface area contributed by atoms with E-state index in [4.69, 9.17) is 4.42 Å². The van der Waals surface area contributed by atoms with Gasteiger partial charge in [-0.1, -0.05) is 13.3 Å². The number of aryl methyl sites for hydroxylation is 1. The number of non-ortho nitro benzene ring substituents is 1. The summed E-state index contributed by atoms with van der Waals surface area (Å²) in [6.07, 6.45) is 1.52. The van der Waals surface area contributed by atoms with Crippen LogP contribution in [0.3, 0.4) is 0 Å². The number of nitro benzene ring substituents is 1. The second kappa shape index (κ2) is 7.67. The second-order valence-corrected chi connectivity index (χ2v) is 6.60. The smallest absolute Gasteiger partial charge is 0.295 e. The molecule has 1 saturated heterocycles. The number of rotatable bonds is 6. The van der Waals surface area contributed by atoms with Gasteiger partial charge in [-0.3, -0.25) is 19.7 Å². The number of nitro groups is 1. The molecule has 8 heteroatoms. The zero-order valence-electron chi connectivity index (χ0n) is 15.5. The van der Waals surface area contributed by atoms with Crippen LogP contribution in [0.4, 0.5) is 5.69 Å². The van der Waals surface area contributed by atoms with E-state index in [0.717, 1.165) is 6.42 Å². The van der Waals surface area contributed by atoms with Crippen LogP contribution in [0.1, 0.15) is 42.9 Å². The number of carbonyl (C=O) groups is 2. The van der Waals surface area contributed by atoms with Gasteiger partial charge in [0.1, 0.15) is 23.3 Å². The minimum absolute atomic E-state index is 0.0793. The molecule has 1 N–H and O–H groups in total. The molecular weight excluding hydrogens is 364 g/mol. The maximum Gasteiger partial charge on any atom is 0.295 e. The summed E-state index contributed by atoms with van der Waals surface area (Å²) in [6.45, 7) is 4.07. The van der Waals surface area contributed by atoms with Gasteiger partial charge in [-0.05, 0) is 37.6 Å². The van der Waals surface area contributed by atoms with Crippen molar-refractivity contribution in [3.8, 4) is 0 Å². The van der Waals surface area contributed by atoms with Gasteiger partial charge < -0.3 is 14.4 Å². The zero-order chi connectivity index (χ0) is 20.4. The van der Waals surface area contributed by atoms with Gasteiger partial charge in [0, 0.05) is 24.2 Å². The number of likely N-dealkylation sites (tertiary alicyclic amines) is 1. The Kier molecular flexibility index (Phi) is 5.30. The molecule has 0 saturated carbocycles. The molecule has 1 fully saturated rings.